The summed E-state index contributed by atoms with van der Waals surface area (Å²) in [7, 11) is 0. The maximum absolute atomic E-state index is 5.50. The van der Waals surface area contributed by atoms with E-state index in [4.69, 9.17) is 4.52 Å². The fourth-order valence-electron chi connectivity index (χ4n) is 3.34. The van der Waals surface area contributed by atoms with Gasteiger partial charge >= 0.3 is 0 Å². The van der Waals surface area contributed by atoms with Crippen LogP contribution in [-0.4, -0.2) is 22.7 Å². The van der Waals surface area contributed by atoms with Crippen LogP contribution in [0.15, 0.2) is 4.52 Å². The van der Waals surface area contributed by atoms with Crippen LogP contribution < -0.4 is 5.32 Å². The summed E-state index contributed by atoms with van der Waals surface area (Å²) in [5.41, 5.74) is 0. The summed E-state index contributed by atoms with van der Waals surface area (Å²) in [5.74, 6) is 3.73. The second kappa shape index (κ2) is 7.92. The molecule has 0 spiro atoms. The van der Waals surface area contributed by atoms with Crippen LogP contribution in [0.1, 0.15) is 77.4 Å². The summed E-state index contributed by atoms with van der Waals surface area (Å²) in [5, 5.41) is 7.75. The van der Waals surface area contributed by atoms with Crippen LogP contribution in [0, 0.1) is 11.8 Å². The zero-order valence-corrected chi connectivity index (χ0v) is 14.1. The molecular formula is C17H31N3O. The molecule has 1 aromatic heterocycles. The lowest BCUT2D eigenvalue weighted by atomic mass is 9.80. The first kappa shape index (κ1) is 16.5. The molecule has 1 saturated carbocycles. The molecule has 0 radical (unpaired) electrons. The molecule has 0 amide bonds. The van der Waals surface area contributed by atoms with E-state index in [0.29, 0.717) is 17.9 Å². The van der Waals surface area contributed by atoms with Gasteiger partial charge in [-0.15, -0.1) is 0 Å². The molecule has 0 aliphatic heterocycles. The van der Waals surface area contributed by atoms with Crippen molar-refractivity contribution in [3.05, 3.63) is 11.7 Å². The van der Waals surface area contributed by atoms with Crippen molar-refractivity contribution in [2.24, 2.45) is 11.8 Å². The molecule has 2 rings (SSSR count). The molecule has 1 N–H and O–H groups in total. The maximum atomic E-state index is 5.50. The van der Waals surface area contributed by atoms with Gasteiger partial charge in [-0.2, -0.15) is 4.98 Å². The van der Waals surface area contributed by atoms with Gasteiger partial charge in [0.15, 0.2) is 5.82 Å². The topological polar surface area (TPSA) is 51.0 Å². The smallest absolute Gasteiger partial charge is 0.228 e. The van der Waals surface area contributed by atoms with Gasteiger partial charge in [-0.25, -0.2) is 0 Å². The summed E-state index contributed by atoms with van der Waals surface area (Å²) in [6.07, 6.45) is 7.22. The SMILES string of the molecule is CCNC(Cc1nc(C2CCC(CC)CC2)no1)C(C)C. The van der Waals surface area contributed by atoms with Gasteiger partial charge in [-0.1, -0.05) is 39.3 Å². The largest absolute Gasteiger partial charge is 0.339 e. The molecule has 21 heavy (non-hydrogen) atoms. The Morgan fingerprint density at radius 1 is 1.19 bits per heavy atom. The minimum Gasteiger partial charge on any atom is -0.339 e. The van der Waals surface area contributed by atoms with Crippen molar-refractivity contribution in [3.8, 4) is 0 Å². The second-order valence-corrected chi connectivity index (χ2v) is 6.78. The number of aromatic nitrogens is 2. The monoisotopic (exact) mass is 293 g/mol. The Morgan fingerprint density at radius 2 is 1.90 bits per heavy atom. The molecule has 120 valence electrons. The first-order valence-corrected chi connectivity index (χ1v) is 8.69. The zero-order chi connectivity index (χ0) is 15.2. The van der Waals surface area contributed by atoms with Crippen molar-refractivity contribution < 1.29 is 4.52 Å². The fourth-order valence-corrected chi connectivity index (χ4v) is 3.34. The molecule has 1 aliphatic rings. The Hall–Kier alpha value is -0.900. The van der Waals surface area contributed by atoms with E-state index in [1.54, 1.807) is 0 Å². The van der Waals surface area contributed by atoms with Crippen LogP contribution in [-0.2, 0) is 6.42 Å². The lowest BCUT2D eigenvalue weighted by molar-refractivity contribution is 0.299. The molecule has 1 unspecified atom stereocenters. The Kier molecular flexibility index (Phi) is 6.22. The van der Waals surface area contributed by atoms with Gasteiger partial charge in [-0.05, 0) is 44.1 Å². The van der Waals surface area contributed by atoms with E-state index < -0.39 is 0 Å². The maximum Gasteiger partial charge on any atom is 0.228 e. The number of nitrogens with zero attached hydrogens (tertiary/aromatic N) is 2. The predicted molar refractivity (Wildman–Crippen MR) is 85.3 cm³/mol. The minimum atomic E-state index is 0.416. The van der Waals surface area contributed by atoms with Gasteiger partial charge in [0, 0.05) is 18.4 Å². The van der Waals surface area contributed by atoms with E-state index in [-0.39, 0.29) is 0 Å². The van der Waals surface area contributed by atoms with Crippen LogP contribution >= 0.6 is 0 Å². The molecule has 4 nitrogen and oxygen atoms in total. The lowest BCUT2D eigenvalue weighted by Crippen LogP contribution is -2.35. The van der Waals surface area contributed by atoms with Crippen LogP contribution in [0.25, 0.3) is 0 Å². The molecule has 0 saturated heterocycles. The van der Waals surface area contributed by atoms with Crippen molar-refractivity contribution in [3.63, 3.8) is 0 Å². The normalized spacial score (nSPS) is 24.4. The van der Waals surface area contributed by atoms with Gasteiger partial charge in [0.25, 0.3) is 0 Å². The van der Waals surface area contributed by atoms with Gasteiger partial charge < -0.3 is 9.84 Å². The summed E-state index contributed by atoms with van der Waals surface area (Å²) >= 11 is 0. The Morgan fingerprint density at radius 3 is 2.48 bits per heavy atom. The van der Waals surface area contributed by atoms with E-state index in [1.807, 2.05) is 0 Å². The van der Waals surface area contributed by atoms with Gasteiger partial charge in [-0.3, -0.25) is 0 Å². The summed E-state index contributed by atoms with van der Waals surface area (Å²) in [4.78, 5) is 4.67. The number of rotatable bonds is 7. The second-order valence-electron chi connectivity index (χ2n) is 6.78. The van der Waals surface area contributed by atoms with Crippen LogP contribution in [0.2, 0.25) is 0 Å². The van der Waals surface area contributed by atoms with Gasteiger partial charge in [0.1, 0.15) is 0 Å². The summed E-state index contributed by atoms with van der Waals surface area (Å²) in [6.45, 7) is 9.88. The first-order chi connectivity index (χ1) is 10.1. The number of hydrogen-bond acceptors (Lipinski definition) is 4. The quantitative estimate of drug-likeness (QED) is 0.827. The fraction of sp³-hybridized carbons (Fsp3) is 0.882. The van der Waals surface area contributed by atoms with E-state index in [9.17, 15) is 0 Å². The highest BCUT2D eigenvalue weighted by Crippen LogP contribution is 2.35. The number of nitrogens with one attached hydrogen (secondary N) is 1. The van der Waals surface area contributed by atoms with E-state index in [0.717, 1.165) is 30.6 Å². The molecule has 1 fully saturated rings. The Labute approximate surface area is 129 Å². The summed E-state index contributed by atoms with van der Waals surface area (Å²) in [6, 6.07) is 0.416. The molecule has 0 aromatic carbocycles. The van der Waals surface area contributed by atoms with Crippen molar-refractivity contribution in [2.75, 3.05) is 6.54 Å². The van der Waals surface area contributed by atoms with E-state index >= 15 is 0 Å². The standard InChI is InChI=1S/C17H31N3O/c1-5-13-7-9-14(10-8-13)17-19-16(21-20-17)11-15(12(3)4)18-6-2/h12-15,18H,5-11H2,1-4H3. The number of hydrogen-bond donors (Lipinski definition) is 1. The highest BCUT2D eigenvalue weighted by atomic mass is 16.5. The third-order valence-corrected chi connectivity index (χ3v) is 4.94. The molecule has 4 heteroatoms. The van der Waals surface area contributed by atoms with Crippen molar-refractivity contribution in [2.45, 2.75) is 78.2 Å². The molecular weight excluding hydrogens is 262 g/mol. The summed E-state index contributed by atoms with van der Waals surface area (Å²) < 4.78 is 5.50. The molecule has 1 aromatic rings. The number of likely N-dealkylation sites (N-methyl/N-ethyl adjacent to an activating group) is 1. The average Bonchev–Trinajstić information content (AvgIpc) is 2.95. The van der Waals surface area contributed by atoms with Crippen LogP contribution in [0.4, 0.5) is 0 Å². The van der Waals surface area contributed by atoms with Gasteiger partial charge in [0.2, 0.25) is 5.89 Å². The molecule has 1 aliphatic carbocycles. The first-order valence-electron chi connectivity index (χ1n) is 8.69. The average molecular weight is 293 g/mol. The molecule has 1 heterocycles. The predicted octanol–water partition coefficient (Wildman–Crippen LogP) is 3.93. The third kappa shape index (κ3) is 4.53. The lowest BCUT2D eigenvalue weighted by Gasteiger charge is -2.25. The van der Waals surface area contributed by atoms with Gasteiger partial charge in [0.05, 0.1) is 0 Å². The zero-order valence-electron chi connectivity index (χ0n) is 14.1. The van der Waals surface area contributed by atoms with E-state index in [2.05, 4.69) is 43.2 Å². The van der Waals surface area contributed by atoms with Crippen LogP contribution in [0.5, 0.6) is 0 Å². The molecule has 1 atom stereocenters. The Bertz CT molecular complexity index is 408. The minimum absolute atomic E-state index is 0.416. The van der Waals surface area contributed by atoms with Crippen molar-refractivity contribution >= 4 is 0 Å². The highest BCUT2D eigenvalue weighted by Gasteiger charge is 2.25. The van der Waals surface area contributed by atoms with Crippen molar-refractivity contribution in [1.29, 1.82) is 0 Å². The molecule has 0 bridgehead atoms. The highest BCUT2D eigenvalue weighted by molar-refractivity contribution is 4.99. The van der Waals surface area contributed by atoms with Crippen molar-refractivity contribution in [1.82, 2.24) is 15.5 Å². The Balaban J connectivity index is 1.92. The third-order valence-electron chi connectivity index (χ3n) is 4.94. The van der Waals surface area contributed by atoms with Crippen LogP contribution in [0.3, 0.4) is 0 Å². The van der Waals surface area contributed by atoms with E-state index in [1.165, 1.54) is 32.1 Å².